The van der Waals surface area contributed by atoms with Crippen LogP contribution in [0.4, 0.5) is 11.4 Å². The van der Waals surface area contributed by atoms with Crippen molar-refractivity contribution in [3.63, 3.8) is 0 Å². The maximum absolute atomic E-state index is 8.55. The second-order valence-electron chi connectivity index (χ2n) is 7.32. The average Bonchev–Trinajstić information content (AvgIpc) is 2.78. The van der Waals surface area contributed by atoms with E-state index in [9.17, 15) is 0 Å². The van der Waals surface area contributed by atoms with Gasteiger partial charge in [-0.3, -0.25) is 37.2 Å². The van der Waals surface area contributed by atoms with Gasteiger partial charge in [0.25, 0.3) is 0 Å². The minimum atomic E-state index is -0.267. The van der Waals surface area contributed by atoms with Crippen LogP contribution in [0.3, 0.4) is 0 Å². The number of nitrogens with two attached hydrogens (primary N) is 1. The highest BCUT2D eigenvalue weighted by Crippen LogP contribution is 2.27. The number of benzene rings is 2. The zero-order chi connectivity index (χ0) is 24.9. The van der Waals surface area contributed by atoms with Crippen molar-refractivity contribution in [1.82, 2.24) is 21.3 Å². The lowest BCUT2D eigenvalue weighted by Gasteiger charge is -2.26. The Bertz CT molecular complexity index is 931. The first-order valence-corrected chi connectivity index (χ1v) is 11.4. The van der Waals surface area contributed by atoms with Gasteiger partial charge in [-0.2, -0.15) is 0 Å². The Morgan fingerprint density at radius 2 is 1.09 bits per heavy atom. The predicted molar refractivity (Wildman–Crippen MR) is 141 cm³/mol. The third-order valence-electron chi connectivity index (χ3n) is 4.60. The Morgan fingerprint density at radius 3 is 1.50 bits per heavy atom. The highest BCUT2D eigenvalue weighted by Gasteiger charge is 2.16. The van der Waals surface area contributed by atoms with Gasteiger partial charge in [0.2, 0.25) is 5.96 Å². The quantitative estimate of drug-likeness (QED) is 0.143. The lowest BCUT2D eigenvalue weighted by atomic mass is 10.2. The van der Waals surface area contributed by atoms with E-state index in [-0.39, 0.29) is 23.8 Å². The molecular formula is C22H30Cl2N10. The number of rotatable bonds is 9. The molecule has 0 atom stereocenters. The molecule has 0 unspecified atom stereocenters. The molecule has 0 aromatic heterocycles. The van der Waals surface area contributed by atoms with Crippen LogP contribution in [0.15, 0.2) is 48.5 Å². The zero-order valence-electron chi connectivity index (χ0n) is 18.6. The van der Waals surface area contributed by atoms with Crippen molar-refractivity contribution in [2.24, 2.45) is 5.73 Å². The Labute approximate surface area is 209 Å². The Kier molecular flexibility index (Phi) is 10.9. The largest absolute Gasteiger partial charge is 0.370 e. The fraction of sp³-hybridized carbons (Fsp3) is 0.273. The van der Waals surface area contributed by atoms with Crippen LogP contribution in [0.2, 0.25) is 10.0 Å². The predicted octanol–water partition coefficient (Wildman–Crippen LogP) is 3.75. The van der Waals surface area contributed by atoms with Gasteiger partial charge in [0.15, 0.2) is 17.9 Å². The molecule has 0 saturated heterocycles. The van der Waals surface area contributed by atoms with Gasteiger partial charge < -0.3 is 16.4 Å². The molecule has 0 aliphatic rings. The number of guanidine groups is 4. The smallest absolute Gasteiger partial charge is 0.207 e. The van der Waals surface area contributed by atoms with Gasteiger partial charge in [0.1, 0.15) is 0 Å². The number of hydrogen-bond acceptors (Lipinski definition) is 4. The molecule has 12 heteroatoms. The van der Waals surface area contributed by atoms with Crippen molar-refractivity contribution in [2.45, 2.75) is 25.7 Å². The summed E-state index contributed by atoms with van der Waals surface area (Å²) in [6.45, 7) is 1.21. The summed E-state index contributed by atoms with van der Waals surface area (Å²) >= 11 is 12.0. The molecule has 2 aromatic carbocycles. The third kappa shape index (κ3) is 9.55. The number of unbranched alkanes of at least 4 members (excludes halogenated alkanes) is 3. The monoisotopic (exact) mass is 504 g/mol. The lowest BCUT2D eigenvalue weighted by Crippen LogP contribution is -2.46. The molecule has 2 rings (SSSR count). The standard InChI is InChI=1S/C22H30Cl2N10/c23-15-5-9-17(10-6-15)34(18-11-7-16(24)8-12-18)22(29)33-21(28)31-14-4-2-1-3-13-30-20(27)32-19(25)26/h5-12H,1-4,13-14H2,(H4,28,29,31,33)(H6,25,26,27,30,32). The van der Waals surface area contributed by atoms with Crippen molar-refractivity contribution < 1.29 is 0 Å². The van der Waals surface area contributed by atoms with E-state index in [4.69, 9.17) is 50.6 Å². The molecule has 182 valence electrons. The summed E-state index contributed by atoms with van der Waals surface area (Å²) in [4.78, 5) is 1.66. The van der Waals surface area contributed by atoms with Crippen LogP contribution < -0.4 is 31.9 Å². The topological polar surface area (TPSA) is 173 Å². The summed E-state index contributed by atoms with van der Waals surface area (Å²) in [7, 11) is 0. The first-order valence-electron chi connectivity index (χ1n) is 10.7. The van der Waals surface area contributed by atoms with Crippen molar-refractivity contribution in [1.29, 1.82) is 21.6 Å². The molecule has 0 saturated carbocycles. The van der Waals surface area contributed by atoms with Gasteiger partial charge in [-0.15, -0.1) is 0 Å². The Morgan fingerprint density at radius 1 is 0.676 bits per heavy atom. The molecule has 10 N–H and O–H groups in total. The van der Waals surface area contributed by atoms with Crippen molar-refractivity contribution in [2.75, 3.05) is 18.0 Å². The fourth-order valence-electron chi connectivity index (χ4n) is 3.02. The first kappa shape index (κ1) is 26.7. The van der Waals surface area contributed by atoms with Gasteiger partial charge in [0, 0.05) is 34.5 Å². The molecule has 34 heavy (non-hydrogen) atoms. The summed E-state index contributed by atoms with van der Waals surface area (Å²) in [5.41, 5.74) is 6.60. The summed E-state index contributed by atoms with van der Waals surface area (Å²) < 4.78 is 0. The second kappa shape index (κ2) is 13.9. The van der Waals surface area contributed by atoms with Crippen LogP contribution in [0.5, 0.6) is 0 Å². The van der Waals surface area contributed by atoms with Crippen LogP contribution in [-0.2, 0) is 0 Å². The van der Waals surface area contributed by atoms with E-state index in [1.807, 2.05) is 0 Å². The van der Waals surface area contributed by atoms with E-state index in [2.05, 4.69) is 21.3 Å². The van der Waals surface area contributed by atoms with Gasteiger partial charge in [0.05, 0.1) is 0 Å². The van der Waals surface area contributed by atoms with E-state index in [1.54, 1.807) is 53.4 Å². The number of anilines is 2. The second-order valence-corrected chi connectivity index (χ2v) is 8.19. The lowest BCUT2D eigenvalue weighted by molar-refractivity contribution is 0.619. The van der Waals surface area contributed by atoms with Crippen molar-refractivity contribution >= 4 is 58.4 Å². The minimum Gasteiger partial charge on any atom is -0.370 e. The number of hydrogen-bond donors (Lipinski definition) is 9. The van der Waals surface area contributed by atoms with E-state index in [1.165, 1.54) is 0 Å². The van der Waals surface area contributed by atoms with E-state index in [0.29, 0.717) is 23.1 Å². The SMILES string of the molecule is N=C(N)NC(=N)NCCCCCCNC(=N)NC(=N)N(c1ccc(Cl)cc1)c1ccc(Cl)cc1. The van der Waals surface area contributed by atoms with Crippen molar-refractivity contribution in [3.05, 3.63) is 58.6 Å². The Balaban J connectivity index is 1.77. The van der Waals surface area contributed by atoms with Crippen LogP contribution in [0.1, 0.15) is 25.7 Å². The highest BCUT2D eigenvalue weighted by molar-refractivity contribution is 6.31. The zero-order valence-corrected chi connectivity index (χ0v) is 20.2. The molecule has 0 radical (unpaired) electrons. The number of nitrogens with one attached hydrogen (secondary N) is 8. The molecule has 0 spiro atoms. The highest BCUT2D eigenvalue weighted by atomic mass is 35.5. The normalized spacial score (nSPS) is 10.2. The first-order chi connectivity index (χ1) is 16.3. The minimum absolute atomic E-state index is 0.00911. The van der Waals surface area contributed by atoms with Gasteiger partial charge in [-0.05, 0) is 61.4 Å². The summed E-state index contributed by atoms with van der Waals surface area (Å²) in [5, 5.41) is 43.4. The maximum atomic E-state index is 8.55. The molecule has 2 aromatic rings. The van der Waals surface area contributed by atoms with Crippen molar-refractivity contribution in [3.8, 4) is 0 Å². The number of nitrogens with zero attached hydrogens (tertiary/aromatic N) is 1. The third-order valence-corrected chi connectivity index (χ3v) is 5.11. The maximum Gasteiger partial charge on any atom is 0.207 e. The molecule has 0 aliphatic heterocycles. The van der Waals surface area contributed by atoms with Gasteiger partial charge >= 0.3 is 0 Å². The summed E-state index contributed by atoms with van der Waals surface area (Å²) in [6, 6.07) is 14.2. The van der Waals surface area contributed by atoms with E-state index < -0.39 is 0 Å². The van der Waals surface area contributed by atoms with Crippen LogP contribution in [0, 0.1) is 21.6 Å². The van der Waals surface area contributed by atoms with Crippen LogP contribution >= 0.6 is 23.2 Å². The summed E-state index contributed by atoms with van der Waals surface area (Å²) in [5.74, 6) is -0.210. The summed E-state index contributed by atoms with van der Waals surface area (Å²) in [6.07, 6.45) is 3.64. The molecule has 0 amide bonds. The van der Waals surface area contributed by atoms with Crippen LogP contribution in [0.25, 0.3) is 0 Å². The Hall–Kier alpha value is -3.50. The molecule has 0 heterocycles. The average molecular weight is 505 g/mol. The molecule has 0 aliphatic carbocycles. The molecule has 10 nitrogen and oxygen atoms in total. The van der Waals surface area contributed by atoms with Gasteiger partial charge in [-0.1, -0.05) is 36.0 Å². The molecular weight excluding hydrogens is 475 g/mol. The molecule has 0 bridgehead atoms. The number of halogens is 2. The van der Waals surface area contributed by atoms with E-state index >= 15 is 0 Å². The fourth-order valence-corrected chi connectivity index (χ4v) is 3.27. The van der Waals surface area contributed by atoms with Gasteiger partial charge in [-0.25, -0.2) is 0 Å². The van der Waals surface area contributed by atoms with E-state index in [0.717, 1.165) is 37.1 Å². The van der Waals surface area contributed by atoms with Crippen LogP contribution in [-0.4, -0.2) is 36.9 Å². The molecule has 0 fully saturated rings.